The fourth-order valence-corrected chi connectivity index (χ4v) is 4.18. The Morgan fingerprint density at radius 1 is 0.692 bits per heavy atom. The smallest absolute Gasteiger partial charge is 0.306 e. The Morgan fingerprint density at radius 3 is 1.46 bits per heavy atom. The molecule has 0 fully saturated rings. The van der Waals surface area contributed by atoms with Gasteiger partial charge in [-0.15, -0.1) is 0 Å². The van der Waals surface area contributed by atoms with E-state index >= 15 is 0 Å². The molecule has 1 N–H and O–H groups in total. The van der Waals surface area contributed by atoms with E-state index in [4.69, 9.17) is 0 Å². The van der Waals surface area contributed by atoms with Crippen LogP contribution in [0.15, 0.2) is 36.1 Å². The van der Waals surface area contributed by atoms with E-state index in [0.29, 0.717) is 30.0 Å². The number of nitro benzene ring substituents is 3. The number of nitro groups is 3. The van der Waals surface area contributed by atoms with E-state index in [1.54, 1.807) is 6.07 Å². The van der Waals surface area contributed by atoms with Crippen molar-refractivity contribution in [3.8, 4) is 0 Å². The molecule has 2 rings (SSSR count). The minimum absolute atomic E-state index is 0.242. The second-order valence-corrected chi connectivity index (χ2v) is 7.89. The van der Waals surface area contributed by atoms with Gasteiger partial charge in [0.2, 0.25) is 0 Å². The highest BCUT2D eigenvalue weighted by atomic mass is 79.9. The number of halogens is 4. The summed E-state index contributed by atoms with van der Waals surface area (Å²) in [5.41, 5.74) is -2.62. The molecule has 0 aromatic heterocycles. The lowest BCUT2D eigenvalue weighted by Crippen LogP contribution is -2.04. The quantitative estimate of drug-likeness (QED) is 0.238. The van der Waals surface area contributed by atoms with E-state index in [-0.39, 0.29) is 5.69 Å². The number of anilines is 2. The predicted octanol–water partition coefficient (Wildman–Crippen LogP) is 6.20. The van der Waals surface area contributed by atoms with E-state index in [0.717, 1.165) is 0 Å². The molecule has 136 valence electrons. The molecule has 0 unspecified atom stereocenters. The van der Waals surface area contributed by atoms with Gasteiger partial charge in [0, 0.05) is 8.95 Å². The van der Waals surface area contributed by atoms with Crippen LogP contribution in [0.4, 0.5) is 28.4 Å². The van der Waals surface area contributed by atoms with E-state index in [2.05, 4.69) is 69.0 Å². The lowest BCUT2D eigenvalue weighted by Gasteiger charge is -2.14. The van der Waals surface area contributed by atoms with E-state index in [9.17, 15) is 30.3 Å². The zero-order valence-corrected chi connectivity index (χ0v) is 18.4. The zero-order valence-electron chi connectivity index (χ0n) is 12.0. The molecule has 0 heterocycles. The minimum atomic E-state index is -0.939. The molecule has 0 bridgehead atoms. The number of hydrogen-bond donors (Lipinski definition) is 1. The Balaban J connectivity index is 2.80. The number of nitrogens with zero attached hydrogens (tertiary/aromatic N) is 3. The lowest BCUT2D eigenvalue weighted by atomic mass is 10.2. The van der Waals surface area contributed by atoms with Crippen LogP contribution in [0, 0.1) is 30.3 Å². The van der Waals surface area contributed by atoms with Gasteiger partial charge in [-0.2, -0.15) is 0 Å². The van der Waals surface area contributed by atoms with E-state index in [1.807, 2.05) is 0 Å². The highest BCUT2D eigenvalue weighted by Crippen LogP contribution is 2.46. The van der Waals surface area contributed by atoms with Gasteiger partial charge in [0.1, 0.15) is 0 Å². The summed E-state index contributed by atoms with van der Waals surface area (Å²) in [5, 5.41) is 36.2. The molecule has 0 amide bonds. The number of hydrogen-bond acceptors (Lipinski definition) is 7. The summed E-state index contributed by atoms with van der Waals surface area (Å²) in [6, 6.07) is 2.99. The van der Waals surface area contributed by atoms with Crippen molar-refractivity contribution in [2.75, 3.05) is 5.32 Å². The van der Waals surface area contributed by atoms with Crippen LogP contribution in [0.1, 0.15) is 0 Å². The van der Waals surface area contributed by atoms with Crippen molar-refractivity contribution in [2.24, 2.45) is 0 Å². The first-order chi connectivity index (χ1) is 12.0. The molecule has 0 saturated carbocycles. The molecule has 0 aliphatic heterocycles. The van der Waals surface area contributed by atoms with Gasteiger partial charge in [0.05, 0.1) is 41.5 Å². The summed E-state index contributed by atoms with van der Waals surface area (Å²) in [4.78, 5) is 30.8. The van der Waals surface area contributed by atoms with Crippen molar-refractivity contribution in [1.29, 1.82) is 0 Å². The van der Waals surface area contributed by atoms with Crippen molar-refractivity contribution in [3.05, 3.63) is 66.4 Å². The number of non-ortho nitro benzene ring substituents is 1. The fourth-order valence-electron chi connectivity index (χ4n) is 1.93. The van der Waals surface area contributed by atoms with E-state index < -0.39 is 37.5 Å². The monoisotopic (exact) mass is 616 g/mol. The van der Waals surface area contributed by atoms with Gasteiger partial charge in [-0.3, -0.25) is 30.3 Å². The first-order valence-corrected chi connectivity index (χ1v) is 9.43. The number of rotatable bonds is 5. The molecule has 2 aromatic carbocycles. The third-order valence-electron chi connectivity index (χ3n) is 3.05. The number of nitrogens with one attached hydrogen (secondary N) is 1. The maximum atomic E-state index is 11.3. The van der Waals surface area contributed by atoms with Gasteiger partial charge in [-0.25, -0.2) is 0 Å². The maximum absolute atomic E-state index is 11.3. The summed E-state index contributed by atoms with van der Waals surface area (Å²) >= 11 is 13.1. The standard InChI is InChI=1S/C12H4Br4N4O6/c13-5-3-6(14)10(16)12(9(5)15)17-11-7(19(23)24)1-4(18(21)22)2-8(11)20(25)26/h1-3,17H. The topological polar surface area (TPSA) is 141 Å². The Morgan fingerprint density at radius 2 is 1.12 bits per heavy atom. The molecule has 0 radical (unpaired) electrons. The Bertz CT molecular complexity index is 906. The van der Waals surface area contributed by atoms with Crippen LogP contribution in [0.5, 0.6) is 0 Å². The van der Waals surface area contributed by atoms with Crippen LogP contribution < -0.4 is 5.32 Å². The second-order valence-electron chi connectivity index (χ2n) is 4.60. The normalized spacial score (nSPS) is 10.5. The minimum Gasteiger partial charge on any atom is -0.342 e. The van der Waals surface area contributed by atoms with Crippen molar-refractivity contribution >= 4 is 92.2 Å². The third-order valence-corrected chi connectivity index (χ3v) is 7.01. The first kappa shape index (κ1) is 20.7. The van der Waals surface area contributed by atoms with Crippen LogP contribution in [-0.4, -0.2) is 14.8 Å². The molecule has 2 aromatic rings. The Kier molecular flexibility index (Phi) is 6.31. The van der Waals surface area contributed by atoms with Crippen molar-refractivity contribution in [2.45, 2.75) is 0 Å². The highest BCUT2D eigenvalue weighted by Gasteiger charge is 2.31. The van der Waals surface area contributed by atoms with Crippen LogP contribution in [0.25, 0.3) is 0 Å². The van der Waals surface area contributed by atoms with Gasteiger partial charge in [-0.05, 0) is 69.8 Å². The average molecular weight is 620 g/mol. The van der Waals surface area contributed by atoms with Gasteiger partial charge in [0.15, 0.2) is 5.69 Å². The fraction of sp³-hybridized carbons (Fsp3) is 0. The molecule has 0 aliphatic rings. The summed E-state index contributed by atoms with van der Waals surface area (Å²) in [6.45, 7) is 0. The SMILES string of the molecule is O=[N+]([O-])c1cc([N+](=O)[O-])c(Nc2c(Br)c(Br)cc(Br)c2Br)c([N+](=O)[O-])c1. The molecule has 10 nitrogen and oxygen atoms in total. The summed E-state index contributed by atoms with van der Waals surface area (Å²) < 4.78 is 1.97. The van der Waals surface area contributed by atoms with Gasteiger partial charge in [-0.1, -0.05) is 0 Å². The summed E-state index contributed by atoms with van der Waals surface area (Å²) in [5.74, 6) is 0. The van der Waals surface area contributed by atoms with Crippen molar-refractivity contribution in [1.82, 2.24) is 0 Å². The third kappa shape index (κ3) is 4.02. The Labute approximate surface area is 177 Å². The molecular formula is C12H4Br4N4O6. The molecule has 0 atom stereocenters. The second kappa shape index (κ2) is 7.94. The molecule has 26 heavy (non-hydrogen) atoms. The van der Waals surface area contributed by atoms with Crippen molar-refractivity contribution < 1.29 is 14.8 Å². The molecule has 0 spiro atoms. The average Bonchev–Trinajstić information content (AvgIpc) is 2.55. The number of benzene rings is 2. The van der Waals surface area contributed by atoms with Crippen LogP contribution in [-0.2, 0) is 0 Å². The van der Waals surface area contributed by atoms with Crippen LogP contribution >= 0.6 is 63.7 Å². The molecular weight excluding hydrogens is 616 g/mol. The highest BCUT2D eigenvalue weighted by molar-refractivity contribution is 9.14. The predicted molar refractivity (Wildman–Crippen MR) is 107 cm³/mol. The molecule has 0 saturated heterocycles. The maximum Gasteiger partial charge on any atom is 0.306 e. The summed E-state index contributed by atoms with van der Waals surface area (Å²) in [6.07, 6.45) is 0. The van der Waals surface area contributed by atoms with Crippen LogP contribution in [0.3, 0.4) is 0 Å². The van der Waals surface area contributed by atoms with Crippen LogP contribution in [0.2, 0.25) is 0 Å². The molecule has 14 heteroatoms. The van der Waals surface area contributed by atoms with Gasteiger partial charge < -0.3 is 5.32 Å². The first-order valence-electron chi connectivity index (χ1n) is 6.25. The largest absolute Gasteiger partial charge is 0.342 e. The lowest BCUT2D eigenvalue weighted by molar-refractivity contribution is -0.401. The van der Waals surface area contributed by atoms with Crippen molar-refractivity contribution in [3.63, 3.8) is 0 Å². The van der Waals surface area contributed by atoms with Gasteiger partial charge in [0.25, 0.3) is 5.69 Å². The Hall–Kier alpha value is -1.64. The van der Waals surface area contributed by atoms with Gasteiger partial charge >= 0.3 is 11.4 Å². The van der Waals surface area contributed by atoms with E-state index in [1.165, 1.54) is 0 Å². The molecule has 0 aliphatic carbocycles. The summed E-state index contributed by atoms with van der Waals surface area (Å²) in [7, 11) is 0. The zero-order chi connectivity index (χ0) is 19.8.